The fourth-order valence-electron chi connectivity index (χ4n) is 1.47. The first-order chi connectivity index (χ1) is 9.36. The molecule has 108 valence electrons. The lowest BCUT2D eigenvalue weighted by molar-refractivity contribution is -0.384. The van der Waals surface area contributed by atoms with Gasteiger partial charge in [-0.15, -0.1) is 0 Å². The van der Waals surface area contributed by atoms with E-state index < -0.39 is 10.9 Å². The zero-order chi connectivity index (χ0) is 15.3. The molecule has 8 nitrogen and oxygen atoms in total. The predicted octanol–water partition coefficient (Wildman–Crippen LogP) is 0.881. The zero-order valence-electron chi connectivity index (χ0n) is 11.4. The second-order valence-corrected chi connectivity index (χ2v) is 4.12. The Balaban J connectivity index is 3.09. The SMILES string of the molecule is COC(=O)CNc1cc(C(=O)N(C)C)ccc1[N+](=O)[O-]. The number of amides is 1. The van der Waals surface area contributed by atoms with Gasteiger partial charge in [0.15, 0.2) is 0 Å². The van der Waals surface area contributed by atoms with Crippen molar-refractivity contribution in [3.63, 3.8) is 0 Å². The van der Waals surface area contributed by atoms with E-state index >= 15 is 0 Å². The fraction of sp³-hybridized carbons (Fsp3) is 0.333. The molecule has 1 aromatic carbocycles. The molecule has 8 heteroatoms. The molecule has 1 amide bonds. The molecule has 0 bridgehead atoms. The van der Waals surface area contributed by atoms with Crippen molar-refractivity contribution in [1.82, 2.24) is 4.90 Å². The van der Waals surface area contributed by atoms with Crippen LogP contribution in [0, 0.1) is 10.1 Å². The quantitative estimate of drug-likeness (QED) is 0.488. The number of esters is 1. The minimum Gasteiger partial charge on any atom is -0.468 e. The van der Waals surface area contributed by atoms with Gasteiger partial charge in [-0.25, -0.2) is 0 Å². The summed E-state index contributed by atoms with van der Waals surface area (Å²) in [5, 5.41) is 13.5. The minimum atomic E-state index is -0.594. The maximum absolute atomic E-state index is 11.8. The van der Waals surface area contributed by atoms with Gasteiger partial charge in [0.25, 0.3) is 11.6 Å². The number of carbonyl (C=O) groups is 2. The predicted molar refractivity (Wildman–Crippen MR) is 71.6 cm³/mol. The Morgan fingerprint density at radius 2 is 2.05 bits per heavy atom. The van der Waals surface area contributed by atoms with Crippen molar-refractivity contribution < 1.29 is 19.2 Å². The van der Waals surface area contributed by atoms with Gasteiger partial charge in [0.2, 0.25) is 0 Å². The third-order valence-electron chi connectivity index (χ3n) is 2.50. The highest BCUT2D eigenvalue weighted by Crippen LogP contribution is 2.25. The first kappa shape index (κ1) is 15.4. The second-order valence-electron chi connectivity index (χ2n) is 4.12. The van der Waals surface area contributed by atoms with Crippen LogP contribution in [0.2, 0.25) is 0 Å². The molecular weight excluding hydrogens is 266 g/mol. The van der Waals surface area contributed by atoms with Gasteiger partial charge in [-0.1, -0.05) is 0 Å². The Morgan fingerprint density at radius 1 is 1.40 bits per heavy atom. The van der Waals surface area contributed by atoms with E-state index in [1.807, 2.05) is 0 Å². The van der Waals surface area contributed by atoms with Crippen LogP contribution in [-0.2, 0) is 9.53 Å². The van der Waals surface area contributed by atoms with E-state index in [-0.39, 0.29) is 29.4 Å². The molecular formula is C12H15N3O5. The fourth-order valence-corrected chi connectivity index (χ4v) is 1.47. The number of hydrogen-bond donors (Lipinski definition) is 1. The number of nitrogens with zero attached hydrogens (tertiary/aromatic N) is 2. The summed E-state index contributed by atoms with van der Waals surface area (Å²) in [7, 11) is 4.36. The summed E-state index contributed by atoms with van der Waals surface area (Å²) in [5.74, 6) is -0.857. The standard InChI is InChI=1S/C12H15N3O5/c1-14(2)12(17)8-4-5-10(15(18)19)9(6-8)13-7-11(16)20-3/h4-6,13H,7H2,1-3H3. The molecule has 1 aromatic rings. The van der Waals surface area contributed by atoms with E-state index in [9.17, 15) is 19.7 Å². The Labute approximate surface area is 115 Å². The summed E-state index contributed by atoms with van der Waals surface area (Å²) < 4.78 is 4.44. The smallest absolute Gasteiger partial charge is 0.325 e. The number of anilines is 1. The van der Waals surface area contributed by atoms with Crippen molar-refractivity contribution in [2.45, 2.75) is 0 Å². The molecule has 1 N–H and O–H groups in total. The van der Waals surface area contributed by atoms with E-state index in [0.29, 0.717) is 0 Å². The number of rotatable bonds is 5. The summed E-state index contributed by atoms with van der Waals surface area (Å²) in [4.78, 5) is 34.5. The van der Waals surface area contributed by atoms with Crippen molar-refractivity contribution in [1.29, 1.82) is 0 Å². The van der Waals surface area contributed by atoms with Crippen LogP contribution in [0.5, 0.6) is 0 Å². The third-order valence-corrected chi connectivity index (χ3v) is 2.50. The Kier molecular flexibility index (Phi) is 5.01. The van der Waals surface area contributed by atoms with Gasteiger partial charge >= 0.3 is 5.97 Å². The molecule has 0 aliphatic carbocycles. The zero-order valence-corrected chi connectivity index (χ0v) is 11.4. The highest BCUT2D eigenvalue weighted by atomic mass is 16.6. The third kappa shape index (κ3) is 3.67. The molecule has 20 heavy (non-hydrogen) atoms. The van der Waals surface area contributed by atoms with Crippen LogP contribution in [0.25, 0.3) is 0 Å². The van der Waals surface area contributed by atoms with Crippen molar-refractivity contribution >= 4 is 23.3 Å². The molecule has 0 unspecified atom stereocenters. The maximum atomic E-state index is 11.8. The van der Waals surface area contributed by atoms with Crippen molar-refractivity contribution in [2.24, 2.45) is 0 Å². The highest BCUT2D eigenvalue weighted by Gasteiger charge is 2.18. The molecule has 1 rings (SSSR count). The van der Waals surface area contributed by atoms with Crippen LogP contribution < -0.4 is 5.32 Å². The molecule has 0 aromatic heterocycles. The molecule has 0 radical (unpaired) electrons. The summed E-state index contributed by atoms with van der Waals surface area (Å²) in [6, 6.07) is 3.92. The number of ether oxygens (including phenoxy) is 1. The lowest BCUT2D eigenvalue weighted by Crippen LogP contribution is -2.22. The van der Waals surface area contributed by atoms with Crippen LogP contribution in [0.1, 0.15) is 10.4 Å². The lowest BCUT2D eigenvalue weighted by atomic mass is 10.1. The number of methoxy groups -OCH3 is 1. The van der Waals surface area contributed by atoms with Crippen LogP contribution >= 0.6 is 0 Å². The van der Waals surface area contributed by atoms with Crippen molar-refractivity contribution in [2.75, 3.05) is 33.1 Å². The van der Waals surface area contributed by atoms with Gasteiger partial charge in [0, 0.05) is 25.7 Å². The van der Waals surface area contributed by atoms with E-state index in [1.54, 1.807) is 14.1 Å². The second kappa shape index (κ2) is 6.50. The van der Waals surface area contributed by atoms with Gasteiger partial charge in [-0.2, -0.15) is 0 Å². The van der Waals surface area contributed by atoms with Crippen molar-refractivity contribution in [3.8, 4) is 0 Å². The van der Waals surface area contributed by atoms with Gasteiger partial charge in [-0.05, 0) is 12.1 Å². The van der Waals surface area contributed by atoms with Crippen molar-refractivity contribution in [3.05, 3.63) is 33.9 Å². The molecule has 0 saturated carbocycles. The average Bonchev–Trinajstić information content (AvgIpc) is 2.43. The normalized spacial score (nSPS) is 9.75. The molecule has 0 atom stereocenters. The summed E-state index contributed by atoms with van der Waals surface area (Å²) in [5.41, 5.74) is 0.158. The Bertz CT molecular complexity index is 542. The van der Waals surface area contributed by atoms with Crippen LogP contribution in [-0.4, -0.2) is 49.4 Å². The average molecular weight is 281 g/mol. The summed E-state index contributed by atoms with van der Waals surface area (Å²) in [6.45, 7) is -0.225. The van der Waals surface area contributed by atoms with E-state index in [0.717, 1.165) is 0 Å². The molecule has 0 fully saturated rings. The molecule has 0 spiro atoms. The first-order valence-corrected chi connectivity index (χ1v) is 5.67. The van der Waals surface area contributed by atoms with Crippen LogP contribution in [0.15, 0.2) is 18.2 Å². The topological polar surface area (TPSA) is 102 Å². The van der Waals surface area contributed by atoms with E-state index in [1.165, 1.54) is 30.2 Å². The molecule has 0 aliphatic rings. The molecule has 0 heterocycles. The lowest BCUT2D eigenvalue weighted by Gasteiger charge is -2.12. The number of benzene rings is 1. The molecule has 0 aliphatic heterocycles. The first-order valence-electron chi connectivity index (χ1n) is 5.67. The van der Waals surface area contributed by atoms with Gasteiger partial charge in [-0.3, -0.25) is 19.7 Å². The monoisotopic (exact) mass is 281 g/mol. The van der Waals surface area contributed by atoms with Gasteiger partial charge in [0.05, 0.1) is 12.0 Å². The van der Waals surface area contributed by atoms with E-state index in [4.69, 9.17) is 0 Å². The maximum Gasteiger partial charge on any atom is 0.325 e. The minimum absolute atomic E-state index is 0.0908. The number of nitrogens with one attached hydrogen (secondary N) is 1. The van der Waals surface area contributed by atoms with Gasteiger partial charge < -0.3 is 15.0 Å². The summed E-state index contributed by atoms with van der Waals surface area (Å²) in [6.07, 6.45) is 0. The summed E-state index contributed by atoms with van der Waals surface area (Å²) >= 11 is 0. The Morgan fingerprint density at radius 3 is 2.55 bits per heavy atom. The Hall–Kier alpha value is -2.64. The number of nitro groups is 1. The molecule has 0 saturated heterocycles. The highest BCUT2D eigenvalue weighted by molar-refractivity contribution is 5.95. The number of hydrogen-bond acceptors (Lipinski definition) is 6. The van der Waals surface area contributed by atoms with Crippen LogP contribution in [0.3, 0.4) is 0 Å². The number of nitro benzene ring substituents is 1. The largest absolute Gasteiger partial charge is 0.468 e. The van der Waals surface area contributed by atoms with E-state index in [2.05, 4.69) is 10.1 Å². The number of carbonyl (C=O) groups excluding carboxylic acids is 2. The van der Waals surface area contributed by atoms with Gasteiger partial charge in [0.1, 0.15) is 12.2 Å². The van der Waals surface area contributed by atoms with Crippen LogP contribution in [0.4, 0.5) is 11.4 Å².